The first kappa shape index (κ1) is 22.4. The van der Waals surface area contributed by atoms with Crippen molar-refractivity contribution in [2.75, 3.05) is 13.7 Å². The molecule has 0 radical (unpaired) electrons. The number of hydrogen-bond acceptors (Lipinski definition) is 4. The summed E-state index contributed by atoms with van der Waals surface area (Å²) in [6.07, 6.45) is 0.321. The van der Waals surface area contributed by atoms with Crippen molar-refractivity contribution in [2.45, 2.75) is 37.2 Å². The monoisotopic (exact) mass is 424 g/mol. The van der Waals surface area contributed by atoms with Crippen LogP contribution >= 0.6 is 11.6 Å². The lowest BCUT2D eigenvalue weighted by Gasteiger charge is -2.22. The molecule has 1 atom stereocenters. The summed E-state index contributed by atoms with van der Waals surface area (Å²) in [5.74, 6) is -0.503. The van der Waals surface area contributed by atoms with Gasteiger partial charge in [0.15, 0.2) is 0 Å². The summed E-state index contributed by atoms with van der Waals surface area (Å²) in [5.41, 5.74) is 0.906. The number of halogens is 1. The van der Waals surface area contributed by atoms with Crippen molar-refractivity contribution in [3.05, 3.63) is 64.7 Å². The van der Waals surface area contributed by atoms with E-state index in [-0.39, 0.29) is 28.1 Å². The molecule has 0 bridgehead atoms. The Morgan fingerprint density at radius 3 is 2.39 bits per heavy atom. The Kier molecular flexibility index (Phi) is 7.60. The van der Waals surface area contributed by atoms with E-state index in [0.717, 1.165) is 5.56 Å². The number of amides is 1. The number of nitrogens with one attached hydrogen (secondary N) is 1. The van der Waals surface area contributed by atoms with Crippen molar-refractivity contribution < 1.29 is 18.3 Å². The van der Waals surface area contributed by atoms with Crippen molar-refractivity contribution in [2.24, 2.45) is 0 Å². The van der Waals surface area contributed by atoms with Crippen LogP contribution in [-0.2, 0) is 10.0 Å². The average molecular weight is 425 g/mol. The number of aliphatic hydroxyl groups excluding tert-OH is 1. The lowest BCUT2D eigenvalue weighted by atomic mass is 10.0. The van der Waals surface area contributed by atoms with Crippen LogP contribution in [0.3, 0.4) is 0 Å². The van der Waals surface area contributed by atoms with Crippen LogP contribution in [0.1, 0.15) is 42.2 Å². The Bertz CT molecular complexity index is 917. The number of rotatable bonds is 8. The number of benzene rings is 2. The molecule has 8 heteroatoms. The summed E-state index contributed by atoms with van der Waals surface area (Å²) in [4.78, 5) is 12.8. The van der Waals surface area contributed by atoms with E-state index >= 15 is 0 Å². The minimum atomic E-state index is -3.75. The van der Waals surface area contributed by atoms with E-state index in [1.54, 1.807) is 13.8 Å². The smallest absolute Gasteiger partial charge is 0.253 e. The van der Waals surface area contributed by atoms with Crippen LogP contribution < -0.4 is 5.32 Å². The lowest BCUT2D eigenvalue weighted by molar-refractivity contribution is 0.0930. The van der Waals surface area contributed by atoms with Gasteiger partial charge in [-0.15, -0.1) is 0 Å². The predicted molar refractivity (Wildman–Crippen MR) is 110 cm³/mol. The predicted octanol–water partition coefficient (Wildman–Crippen LogP) is 3.22. The van der Waals surface area contributed by atoms with Gasteiger partial charge in [0.05, 0.1) is 21.5 Å². The Morgan fingerprint density at radius 2 is 1.82 bits per heavy atom. The van der Waals surface area contributed by atoms with Gasteiger partial charge in [-0.3, -0.25) is 4.79 Å². The Hall–Kier alpha value is -1.93. The van der Waals surface area contributed by atoms with Gasteiger partial charge in [0.25, 0.3) is 5.91 Å². The minimum absolute atomic E-state index is 0.00308. The Labute approximate surface area is 171 Å². The molecule has 0 unspecified atom stereocenters. The van der Waals surface area contributed by atoms with Crippen LogP contribution in [0.4, 0.5) is 0 Å². The summed E-state index contributed by atoms with van der Waals surface area (Å²) < 4.78 is 26.7. The van der Waals surface area contributed by atoms with E-state index in [1.165, 1.54) is 29.6 Å². The van der Waals surface area contributed by atoms with Crippen molar-refractivity contribution >= 4 is 27.5 Å². The molecule has 2 rings (SSSR count). The first-order valence-electron chi connectivity index (χ1n) is 8.92. The van der Waals surface area contributed by atoms with Crippen molar-refractivity contribution in [3.63, 3.8) is 0 Å². The highest BCUT2D eigenvalue weighted by molar-refractivity contribution is 7.89. The zero-order valence-electron chi connectivity index (χ0n) is 16.1. The SMILES string of the molecule is CC(C)N(C)S(=O)(=O)c1ccc(Cl)c(C(=O)N[C@H](CCO)c2ccccc2)c1. The number of hydrogen-bond donors (Lipinski definition) is 2. The van der Waals surface area contributed by atoms with Crippen molar-refractivity contribution in [1.29, 1.82) is 0 Å². The second-order valence-electron chi connectivity index (χ2n) is 6.71. The molecule has 0 saturated heterocycles. The fraction of sp³-hybridized carbons (Fsp3) is 0.350. The van der Waals surface area contributed by atoms with Crippen LogP contribution in [0, 0.1) is 0 Å². The first-order chi connectivity index (χ1) is 13.2. The number of aliphatic hydroxyl groups is 1. The van der Waals surface area contributed by atoms with E-state index in [0.29, 0.717) is 6.42 Å². The van der Waals surface area contributed by atoms with Gasteiger partial charge in [-0.1, -0.05) is 41.9 Å². The zero-order chi connectivity index (χ0) is 20.9. The highest BCUT2D eigenvalue weighted by atomic mass is 35.5. The molecule has 0 aliphatic carbocycles. The number of nitrogens with zero attached hydrogens (tertiary/aromatic N) is 1. The zero-order valence-corrected chi connectivity index (χ0v) is 17.7. The quantitative estimate of drug-likeness (QED) is 0.681. The van der Waals surface area contributed by atoms with Crippen LogP contribution in [-0.4, -0.2) is 43.4 Å². The van der Waals surface area contributed by atoms with Gasteiger partial charge >= 0.3 is 0 Å². The molecule has 6 nitrogen and oxygen atoms in total. The standard InChI is InChI=1S/C20H25ClN2O4S/c1-14(2)23(3)28(26,27)16-9-10-18(21)17(13-16)20(25)22-19(11-12-24)15-7-5-4-6-8-15/h4-10,13-14,19,24H,11-12H2,1-3H3,(H,22,25)/t19-/m1/s1. The molecule has 0 spiro atoms. The third kappa shape index (κ3) is 5.11. The van der Waals surface area contributed by atoms with Gasteiger partial charge in [0.2, 0.25) is 10.0 Å². The molecule has 2 aromatic carbocycles. The molecule has 2 aromatic rings. The van der Waals surface area contributed by atoms with E-state index in [1.807, 2.05) is 30.3 Å². The first-order valence-corrected chi connectivity index (χ1v) is 10.7. The molecule has 0 aromatic heterocycles. The molecule has 28 heavy (non-hydrogen) atoms. The molecule has 0 saturated carbocycles. The molecule has 1 amide bonds. The second-order valence-corrected chi connectivity index (χ2v) is 9.11. The summed E-state index contributed by atoms with van der Waals surface area (Å²) in [7, 11) is -2.26. The topological polar surface area (TPSA) is 86.7 Å². The highest BCUT2D eigenvalue weighted by Gasteiger charge is 2.25. The molecule has 2 N–H and O–H groups in total. The second kappa shape index (κ2) is 9.52. The van der Waals surface area contributed by atoms with Gasteiger partial charge in [-0.25, -0.2) is 8.42 Å². The van der Waals surface area contributed by atoms with Crippen molar-refractivity contribution in [1.82, 2.24) is 9.62 Å². The molecule has 0 aliphatic heterocycles. The Morgan fingerprint density at radius 1 is 1.18 bits per heavy atom. The largest absolute Gasteiger partial charge is 0.396 e. The van der Waals surface area contributed by atoms with Crippen molar-refractivity contribution in [3.8, 4) is 0 Å². The molecule has 152 valence electrons. The maximum Gasteiger partial charge on any atom is 0.253 e. The summed E-state index contributed by atoms with van der Waals surface area (Å²) in [5, 5.41) is 12.3. The van der Waals surface area contributed by atoms with Crippen LogP contribution in [0.5, 0.6) is 0 Å². The fourth-order valence-corrected chi connectivity index (χ4v) is 4.25. The van der Waals surface area contributed by atoms with E-state index in [2.05, 4.69) is 5.32 Å². The normalized spacial score (nSPS) is 13.0. The molecule has 0 fully saturated rings. The fourth-order valence-electron chi connectivity index (χ4n) is 2.66. The Balaban J connectivity index is 2.35. The molecular formula is C20H25ClN2O4S. The van der Waals surface area contributed by atoms with Gasteiger partial charge in [0, 0.05) is 19.7 Å². The molecular weight excluding hydrogens is 400 g/mol. The van der Waals surface area contributed by atoms with E-state index in [4.69, 9.17) is 11.6 Å². The summed E-state index contributed by atoms with van der Waals surface area (Å²) in [6.45, 7) is 3.42. The number of carbonyl (C=O) groups excluding carboxylic acids is 1. The number of carbonyl (C=O) groups is 1. The summed E-state index contributed by atoms with van der Waals surface area (Å²) in [6, 6.07) is 12.7. The van der Waals surface area contributed by atoms with Gasteiger partial charge in [0.1, 0.15) is 0 Å². The summed E-state index contributed by atoms with van der Waals surface area (Å²) >= 11 is 6.17. The average Bonchev–Trinajstić information content (AvgIpc) is 2.67. The molecule has 0 aliphatic rings. The van der Waals surface area contributed by atoms with E-state index < -0.39 is 22.0 Å². The van der Waals surface area contributed by atoms with Crippen LogP contribution in [0.15, 0.2) is 53.4 Å². The molecule has 0 heterocycles. The van der Waals surface area contributed by atoms with Gasteiger partial charge in [-0.2, -0.15) is 4.31 Å². The highest BCUT2D eigenvalue weighted by Crippen LogP contribution is 2.25. The maximum absolute atomic E-state index is 12.8. The third-order valence-electron chi connectivity index (χ3n) is 4.51. The number of sulfonamides is 1. The maximum atomic E-state index is 12.8. The lowest BCUT2D eigenvalue weighted by Crippen LogP contribution is -2.33. The van der Waals surface area contributed by atoms with Gasteiger partial charge in [-0.05, 0) is 44.0 Å². The van der Waals surface area contributed by atoms with Crippen LogP contribution in [0.2, 0.25) is 5.02 Å². The van der Waals surface area contributed by atoms with E-state index in [9.17, 15) is 18.3 Å². The minimum Gasteiger partial charge on any atom is -0.396 e. The van der Waals surface area contributed by atoms with Crippen LogP contribution in [0.25, 0.3) is 0 Å². The third-order valence-corrected chi connectivity index (χ3v) is 6.87. The van der Waals surface area contributed by atoms with Gasteiger partial charge < -0.3 is 10.4 Å².